The molecule has 5 rings (SSSR count). The van der Waals surface area contributed by atoms with Crippen LogP contribution in [0.1, 0.15) is 34.5 Å². The Morgan fingerprint density at radius 1 is 1.14 bits per heavy atom. The summed E-state index contributed by atoms with van der Waals surface area (Å²) < 4.78 is 24.2. The van der Waals surface area contributed by atoms with Gasteiger partial charge in [-0.3, -0.25) is 9.59 Å². The number of nitrogens with one attached hydrogen (secondary N) is 2. The topological polar surface area (TPSA) is 152 Å². The largest absolute Gasteiger partial charge is 0.497 e. The van der Waals surface area contributed by atoms with Gasteiger partial charge in [-0.1, -0.05) is 23.7 Å². The Kier molecular flexibility index (Phi) is 8.64. The Morgan fingerprint density at radius 2 is 1.95 bits per heavy atom. The number of aliphatic hydroxyl groups excluding tert-OH is 1. The lowest BCUT2D eigenvalue weighted by Crippen LogP contribution is -2.46. The SMILES string of the molecule is COc1cc(F)cc(C(CO)NC(=O)C(C)N2Cc3ccc(-c4nc(Nc5ccnc(OC)n5)ncc4Cl)cc3C2=O)c1. The highest BCUT2D eigenvalue weighted by atomic mass is 35.5. The van der Waals surface area contributed by atoms with E-state index in [1.807, 2.05) is 0 Å². The molecule has 1 aliphatic rings. The molecule has 0 radical (unpaired) electrons. The number of carbonyl (C=O) groups is 2. The average molecular weight is 608 g/mol. The van der Waals surface area contributed by atoms with Crippen molar-refractivity contribution < 1.29 is 28.6 Å². The fourth-order valence-corrected chi connectivity index (χ4v) is 4.81. The molecular formula is C29H27ClFN7O5. The normalized spacial score (nSPS) is 13.7. The number of benzene rings is 2. The van der Waals surface area contributed by atoms with Crippen LogP contribution in [0.25, 0.3) is 11.3 Å². The van der Waals surface area contributed by atoms with Crippen LogP contribution >= 0.6 is 11.6 Å². The van der Waals surface area contributed by atoms with Gasteiger partial charge in [0.2, 0.25) is 11.9 Å². The summed E-state index contributed by atoms with van der Waals surface area (Å²) in [5.41, 5.74) is 2.41. The van der Waals surface area contributed by atoms with E-state index in [0.29, 0.717) is 28.2 Å². The third-order valence-electron chi connectivity index (χ3n) is 6.89. The van der Waals surface area contributed by atoms with Crippen LogP contribution in [-0.2, 0) is 11.3 Å². The Balaban J connectivity index is 1.33. The van der Waals surface area contributed by atoms with Gasteiger partial charge in [0, 0.05) is 29.9 Å². The van der Waals surface area contributed by atoms with E-state index in [-0.39, 0.29) is 35.2 Å². The summed E-state index contributed by atoms with van der Waals surface area (Å²) in [7, 11) is 2.84. The number of anilines is 2. The molecule has 12 nitrogen and oxygen atoms in total. The molecule has 3 N–H and O–H groups in total. The molecule has 2 amide bonds. The minimum atomic E-state index is -0.905. The molecule has 4 aromatic rings. The average Bonchev–Trinajstić information content (AvgIpc) is 3.35. The maximum absolute atomic E-state index is 14.0. The number of aromatic nitrogens is 4. The molecular weight excluding hydrogens is 581 g/mol. The molecule has 0 aliphatic carbocycles. The molecule has 0 bridgehead atoms. The molecule has 2 aromatic carbocycles. The summed E-state index contributed by atoms with van der Waals surface area (Å²) in [5.74, 6) is -0.571. The van der Waals surface area contributed by atoms with Gasteiger partial charge in [-0.2, -0.15) is 4.98 Å². The van der Waals surface area contributed by atoms with Gasteiger partial charge in [-0.15, -0.1) is 0 Å². The molecule has 2 aromatic heterocycles. The van der Waals surface area contributed by atoms with Gasteiger partial charge in [0.15, 0.2) is 0 Å². The first-order chi connectivity index (χ1) is 20.7. The van der Waals surface area contributed by atoms with Crippen molar-refractivity contribution in [2.24, 2.45) is 0 Å². The van der Waals surface area contributed by atoms with Crippen LogP contribution in [0.15, 0.2) is 54.9 Å². The monoisotopic (exact) mass is 607 g/mol. The molecule has 0 spiro atoms. The van der Waals surface area contributed by atoms with Crippen molar-refractivity contribution in [3.8, 4) is 23.0 Å². The number of methoxy groups -OCH3 is 2. The first-order valence-corrected chi connectivity index (χ1v) is 13.4. The Hall–Kier alpha value is -4.88. The number of aliphatic hydroxyl groups is 1. The molecule has 0 saturated carbocycles. The standard InChI is InChI=1S/C29H27ClFN7O5/c1-15(26(40)34-23(14-39)18-8-19(31)11-20(9-18)42-2)38-13-17-5-4-16(10-21(17)27(38)41)25-22(30)12-33-28(37-25)35-24-6-7-32-29(36-24)43-3/h4-12,15,23,39H,13-14H2,1-3H3,(H,34,40)(H,32,33,35,36,37). The zero-order chi connectivity index (χ0) is 30.7. The highest BCUT2D eigenvalue weighted by Crippen LogP contribution is 2.33. The van der Waals surface area contributed by atoms with Crippen molar-refractivity contribution in [1.29, 1.82) is 0 Å². The lowest BCUT2D eigenvalue weighted by Gasteiger charge is -2.26. The zero-order valence-corrected chi connectivity index (χ0v) is 24.1. The number of ether oxygens (including phenoxy) is 2. The molecule has 2 atom stereocenters. The highest BCUT2D eigenvalue weighted by Gasteiger charge is 2.35. The third kappa shape index (κ3) is 6.32. The van der Waals surface area contributed by atoms with Gasteiger partial charge >= 0.3 is 6.01 Å². The molecule has 2 unspecified atom stereocenters. The minimum absolute atomic E-state index is 0.171. The summed E-state index contributed by atoms with van der Waals surface area (Å²) in [6, 6.07) is 9.15. The van der Waals surface area contributed by atoms with Gasteiger partial charge in [0.1, 0.15) is 23.4 Å². The second kappa shape index (κ2) is 12.5. The Bertz CT molecular complexity index is 1690. The van der Waals surface area contributed by atoms with Crippen LogP contribution in [0.2, 0.25) is 5.02 Å². The van der Waals surface area contributed by atoms with E-state index in [1.165, 1.54) is 49.7 Å². The number of rotatable bonds is 10. The lowest BCUT2D eigenvalue weighted by atomic mass is 10.0. The van der Waals surface area contributed by atoms with Crippen LogP contribution in [0.5, 0.6) is 11.8 Å². The summed E-state index contributed by atoms with van der Waals surface area (Å²) in [6.45, 7) is 1.30. The summed E-state index contributed by atoms with van der Waals surface area (Å²) in [4.78, 5) is 44.9. The second-order valence-corrected chi connectivity index (χ2v) is 10.0. The molecule has 43 heavy (non-hydrogen) atoms. The van der Waals surface area contributed by atoms with Crippen molar-refractivity contribution >= 4 is 35.2 Å². The number of hydrogen-bond acceptors (Lipinski definition) is 10. The van der Waals surface area contributed by atoms with Gasteiger partial charge < -0.3 is 30.1 Å². The van der Waals surface area contributed by atoms with E-state index in [2.05, 4.69) is 30.6 Å². The number of hydrogen-bond donors (Lipinski definition) is 3. The molecule has 0 saturated heterocycles. The summed E-state index contributed by atoms with van der Waals surface area (Å²) >= 11 is 6.43. The first-order valence-electron chi connectivity index (χ1n) is 13.1. The van der Waals surface area contributed by atoms with Gasteiger partial charge in [0.25, 0.3) is 5.91 Å². The van der Waals surface area contributed by atoms with Crippen molar-refractivity contribution in [2.45, 2.75) is 25.6 Å². The fraction of sp³-hybridized carbons (Fsp3) is 0.241. The maximum Gasteiger partial charge on any atom is 0.318 e. The van der Waals surface area contributed by atoms with Crippen molar-refractivity contribution in [1.82, 2.24) is 30.2 Å². The van der Waals surface area contributed by atoms with Crippen LogP contribution in [0.3, 0.4) is 0 Å². The quantitative estimate of drug-likeness (QED) is 0.243. The van der Waals surface area contributed by atoms with E-state index in [1.54, 1.807) is 31.2 Å². The smallest absolute Gasteiger partial charge is 0.318 e. The van der Waals surface area contributed by atoms with Crippen LogP contribution in [0, 0.1) is 5.82 Å². The molecule has 1 aliphatic heterocycles. The third-order valence-corrected chi connectivity index (χ3v) is 7.17. The lowest BCUT2D eigenvalue weighted by molar-refractivity contribution is -0.126. The summed E-state index contributed by atoms with van der Waals surface area (Å²) in [5, 5.41) is 15.9. The fourth-order valence-electron chi connectivity index (χ4n) is 4.61. The molecule has 14 heteroatoms. The number of halogens is 2. The number of amides is 2. The highest BCUT2D eigenvalue weighted by molar-refractivity contribution is 6.33. The first kappa shape index (κ1) is 29.6. The molecule has 3 heterocycles. The zero-order valence-electron chi connectivity index (χ0n) is 23.3. The van der Waals surface area contributed by atoms with Crippen LogP contribution < -0.4 is 20.1 Å². The van der Waals surface area contributed by atoms with Gasteiger partial charge in [0.05, 0.1) is 43.8 Å². The van der Waals surface area contributed by atoms with E-state index in [4.69, 9.17) is 21.1 Å². The summed E-state index contributed by atoms with van der Waals surface area (Å²) in [6.07, 6.45) is 2.96. The van der Waals surface area contributed by atoms with Crippen molar-refractivity contribution in [3.05, 3.63) is 82.4 Å². The minimum Gasteiger partial charge on any atom is -0.497 e. The van der Waals surface area contributed by atoms with Gasteiger partial charge in [-0.25, -0.2) is 19.3 Å². The van der Waals surface area contributed by atoms with E-state index in [0.717, 1.165) is 5.56 Å². The predicted molar refractivity (Wildman–Crippen MR) is 155 cm³/mol. The Labute approximate surface area is 250 Å². The number of fused-ring (bicyclic) bond motifs is 1. The number of carbonyl (C=O) groups excluding carboxylic acids is 2. The van der Waals surface area contributed by atoms with Crippen molar-refractivity contribution in [3.63, 3.8) is 0 Å². The maximum atomic E-state index is 14.0. The van der Waals surface area contributed by atoms with Crippen molar-refractivity contribution in [2.75, 3.05) is 26.1 Å². The van der Waals surface area contributed by atoms with E-state index < -0.39 is 30.4 Å². The number of nitrogens with zero attached hydrogens (tertiary/aromatic N) is 5. The van der Waals surface area contributed by atoms with Gasteiger partial charge in [-0.05, 0) is 42.3 Å². The molecule has 222 valence electrons. The van der Waals surface area contributed by atoms with Crippen LogP contribution in [-0.4, -0.2) is 68.6 Å². The predicted octanol–water partition coefficient (Wildman–Crippen LogP) is 3.68. The van der Waals surface area contributed by atoms with E-state index >= 15 is 0 Å². The molecule has 0 fully saturated rings. The second-order valence-electron chi connectivity index (χ2n) is 9.59. The Morgan fingerprint density at radius 3 is 2.70 bits per heavy atom. The van der Waals surface area contributed by atoms with E-state index in [9.17, 15) is 19.1 Å². The van der Waals surface area contributed by atoms with Crippen LogP contribution in [0.4, 0.5) is 16.2 Å².